The number of amides is 1. The molecule has 0 unspecified atom stereocenters. The van der Waals surface area contributed by atoms with Crippen molar-refractivity contribution in [2.75, 3.05) is 18.1 Å². The van der Waals surface area contributed by atoms with Gasteiger partial charge < -0.3 is 5.32 Å². The van der Waals surface area contributed by atoms with E-state index < -0.39 is 15.9 Å². The number of benzene rings is 1. The van der Waals surface area contributed by atoms with Crippen LogP contribution in [-0.2, 0) is 21.4 Å². The van der Waals surface area contributed by atoms with Crippen molar-refractivity contribution in [3.05, 3.63) is 58.3 Å². The summed E-state index contributed by atoms with van der Waals surface area (Å²) in [5.74, 6) is -0.515. The fourth-order valence-electron chi connectivity index (χ4n) is 1.93. The molecule has 1 aromatic carbocycles. The zero-order chi connectivity index (χ0) is 17.7. The third-order valence-corrected chi connectivity index (χ3v) is 5.14. The number of nitrogens with one attached hydrogen (secondary N) is 1. The van der Waals surface area contributed by atoms with E-state index in [1.165, 1.54) is 0 Å². The molecule has 1 amide bonds. The zero-order valence-electron chi connectivity index (χ0n) is 12.7. The second kappa shape index (κ2) is 7.94. The largest absolute Gasteiger partial charge is 0.324 e. The average molecular weight is 388 g/mol. The number of sulfonamides is 1. The smallest absolute Gasteiger partial charge is 0.239 e. The number of anilines is 1. The molecule has 0 saturated carbocycles. The molecule has 0 radical (unpaired) electrons. The van der Waals surface area contributed by atoms with E-state index in [2.05, 4.69) is 10.3 Å². The van der Waals surface area contributed by atoms with Gasteiger partial charge in [-0.2, -0.15) is 4.31 Å². The van der Waals surface area contributed by atoms with E-state index in [0.29, 0.717) is 10.7 Å². The number of aromatic nitrogens is 1. The predicted octanol–water partition coefficient (Wildman–Crippen LogP) is 2.79. The Labute approximate surface area is 150 Å². The summed E-state index contributed by atoms with van der Waals surface area (Å²) in [4.78, 5) is 16.1. The Hall–Kier alpha value is -1.67. The van der Waals surface area contributed by atoms with Gasteiger partial charge in [0.25, 0.3) is 0 Å². The minimum Gasteiger partial charge on any atom is -0.324 e. The Kier molecular flexibility index (Phi) is 6.17. The van der Waals surface area contributed by atoms with E-state index in [9.17, 15) is 13.2 Å². The zero-order valence-corrected chi connectivity index (χ0v) is 15.1. The van der Waals surface area contributed by atoms with E-state index in [4.69, 9.17) is 23.2 Å². The van der Waals surface area contributed by atoms with Crippen molar-refractivity contribution < 1.29 is 13.2 Å². The molecule has 0 aliphatic heterocycles. The van der Waals surface area contributed by atoms with E-state index >= 15 is 0 Å². The van der Waals surface area contributed by atoms with Crippen LogP contribution in [0.15, 0.2) is 42.7 Å². The monoisotopic (exact) mass is 387 g/mol. The average Bonchev–Trinajstić information content (AvgIpc) is 2.51. The SMILES string of the molecule is CS(=O)(=O)N(CC(=O)Nc1cccc(Cl)c1Cl)Cc1ccncc1. The highest BCUT2D eigenvalue weighted by Gasteiger charge is 2.21. The molecule has 0 fully saturated rings. The second-order valence-corrected chi connectivity index (χ2v) is 7.80. The summed E-state index contributed by atoms with van der Waals surface area (Å²) < 4.78 is 24.9. The number of rotatable bonds is 6. The maximum atomic E-state index is 12.2. The molecule has 2 rings (SSSR count). The van der Waals surface area contributed by atoms with E-state index in [1.54, 1.807) is 42.7 Å². The van der Waals surface area contributed by atoms with Crippen LogP contribution in [0.3, 0.4) is 0 Å². The van der Waals surface area contributed by atoms with E-state index in [-0.39, 0.29) is 18.1 Å². The van der Waals surface area contributed by atoms with Crippen LogP contribution in [0.2, 0.25) is 10.0 Å². The number of carbonyl (C=O) groups excluding carboxylic acids is 1. The first kappa shape index (κ1) is 18.7. The van der Waals surface area contributed by atoms with Crippen LogP contribution < -0.4 is 5.32 Å². The van der Waals surface area contributed by atoms with Crippen molar-refractivity contribution in [3.63, 3.8) is 0 Å². The van der Waals surface area contributed by atoms with Crippen molar-refractivity contribution in [2.45, 2.75) is 6.54 Å². The summed E-state index contributed by atoms with van der Waals surface area (Å²) in [6, 6.07) is 8.18. The van der Waals surface area contributed by atoms with Gasteiger partial charge in [-0.15, -0.1) is 0 Å². The van der Waals surface area contributed by atoms with Gasteiger partial charge in [-0.25, -0.2) is 8.42 Å². The summed E-state index contributed by atoms with van der Waals surface area (Å²) in [5, 5.41) is 3.06. The number of halogens is 2. The molecule has 1 aromatic heterocycles. The van der Waals surface area contributed by atoms with Crippen LogP contribution in [0, 0.1) is 0 Å². The summed E-state index contributed by atoms with van der Waals surface area (Å²) in [6.07, 6.45) is 4.16. The van der Waals surface area contributed by atoms with Gasteiger partial charge in [0.15, 0.2) is 0 Å². The second-order valence-electron chi connectivity index (χ2n) is 5.04. The van der Waals surface area contributed by atoms with Gasteiger partial charge in [0.1, 0.15) is 0 Å². The Morgan fingerprint density at radius 1 is 1.21 bits per heavy atom. The molecule has 0 aliphatic carbocycles. The highest BCUT2D eigenvalue weighted by atomic mass is 35.5. The lowest BCUT2D eigenvalue weighted by Gasteiger charge is -2.19. The van der Waals surface area contributed by atoms with Gasteiger partial charge in [-0.3, -0.25) is 9.78 Å². The Bertz CT molecular complexity index is 829. The Morgan fingerprint density at radius 3 is 2.50 bits per heavy atom. The molecule has 0 saturated heterocycles. The van der Waals surface area contributed by atoms with Gasteiger partial charge >= 0.3 is 0 Å². The molecule has 9 heteroatoms. The van der Waals surface area contributed by atoms with E-state index in [1.807, 2.05) is 0 Å². The molecule has 0 bridgehead atoms. The van der Waals surface area contributed by atoms with Crippen molar-refractivity contribution in [1.29, 1.82) is 0 Å². The topological polar surface area (TPSA) is 79.4 Å². The number of hydrogen-bond donors (Lipinski definition) is 1. The van der Waals surface area contributed by atoms with Crippen LogP contribution in [0.5, 0.6) is 0 Å². The van der Waals surface area contributed by atoms with Gasteiger partial charge in [0, 0.05) is 18.9 Å². The normalized spacial score (nSPS) is 11.5. The molecule has 6 nitrogen and oxygen atoms in total. The molecular formula is C15H15Cl2N3O3S. The Balaban J connectivity index is 2.12. The van der Waals surface area contributed by atoms with Gasteiger partial charge in [0.05, 0.1) is 28.5 Å². The molecule has 0 atom stereocenters. The third-order valence-electron chi connectivity index (χ3n) is 3.12. The third kappa shape index (κ3) is 5.17. The molecule has 128 valence electrons. The fourth-order valence-corrected chi connectivity index (χ4v) is 3.02. The lowest BCUT2D eigenvalue weighted by Crippen LogP contribution is -2.36. The lowest BCUT2D eigenvalue weighted by molar-refractivity contribution is -0.116. The van der Waals surface area contributed by atoms with Crippen LogP contribution >= 0.6 is 23.2 Å². The molecule has 24 heavy (non-hydrogen) atoms. The Morgan fingerprint density at radius 2 is 1.88 bits per heavy atom. The molecule has 0 spiro atoms. The standard InChI is InChI=1S/C15H15Cl2N3O3S/c1-24(22,23)20(9-11-5-7-18-8-6-11)10-14(21)19-13-4-2-3-12(16)15(13)17/h2-8H,9-10H2,1H3,(H,19,21). The van der Waals surface area contributed by atoms with Crippen molar-refractivity contribution >= 4 is 44.8 Å². The van der Waals surface area contributed by atoms with Crippen molar-refractivity contribution in [1.82, 2.24) is 9.29 Å². The lowest BCUT2D eigenvalue weighted by atomic mass is 10.2. The summed E-state index contributed by atoms with van der Waals surface area (Å²) in [7, 11) is -3.58. The van der Waals surface area contributed by atoms with E-state index in [0.717, 1.165) is 16.1 Å². The van der Waals surface area contributed by atoms with Crippen molar-refractivity contribution in [2.24, 2.45) is 0 Å². The van der Waals surface area contributed by atoms with Crippen LogP contribution in [0.1, 0.15) is 5.56 Å². The summed E-state index contributed by atoms with van der Waals surface area (Å²) >= 11 is 11.9. The fraction of sp³-hybridized carbons (Fsp3) is 0.200. The van der Waals surface area contributed by atoms with Gasteiger partial charge in [-0.05, 0) is 29.8 Å². The first-order valence-electron chi connectivity index (χ1n) is 6.85. The van der Waals surface area contributed by atoms with Crippen molar-refractivity contribution in [3.8, 4) is 0 Å². The predicted molar refractivity (Wildman–Crippen MR) is 94.6 cm³/mol. The number of carbonyl (C=O) groups is 1. The molecule has 0 aliphatic rings. The minimum atomic E-state index is -3.58. The van der Waals surface area contributed by atoms with Crippen LogP contribution in [0.4, 0.5) is 5.69 Å². The first-order valence-corrected chi connectivity index (χ1v) is 9.45. The summed E-state index contributed by atoms with van der Waals surface area (Å²) in [6.45, 7) is -0.276. The molecular weight excluding hydrogens is 373 g/mol. The molecule has 1 heterocycles. The van der Waals surface area contributed by atoms with Crippen LogP contribution in [0.25, 0.3) is 0 Å². The number of pyridine rings is 1. The number of nitrogens with zero attached hydrogens (tertiary/aromatic N) is 2. The van der Waals surface area contributed by atoms with Crippen LogP contribution in [-0.4, -0.2) is 36.4 Å². The maximum Gasteiger partial charge on any atom is 0.239 e. The quantitative estimate of drug-likeness (QED) is 0.826. The molecule has 1 N–H and O–H groups in total. The summed E-state index contributed by atoms with van der Waals surface area (Å²) in [5.41, 5.74) is 1.05. The highest BCUT2D eigenvalue weighted by molar-refractivity contribution is 7.88. The number of hydrogen-bond acceptors (Lipinski definition) is 4. The molecule has 2 aromatic rings. The van der Waals surface area contributed by atoms with Gasteiger partial charge in [0.2, 0.25) is 15.9 Å². The minimum absolute atomic E-state index is 0.0675. The van der Waals surface area contributed by atoms with Gasteiger partial charge in [-0.1, -0.05) is 29.3 Å². The first-order chi connectivity index (χ1) is 11.3. The highest BCUT2D eigenvalue weighted by Crippen LogP contribution is 2.29. The maximum absolute atomic E-state index is 12.2.